The second-order valence-electron chi connectivity index (χ2n) is 7.92. The molecule has 0 spiro atoms. The van der Waals surface area contributed by atoms with E-state index >= 15 is 0 Å². The van der Waals surface area contributed by atoms with Gasteiger partial charge in [0.05, 0.1) is 12.6 Å². The highest BCUT2D eigenvalue weighted by Gasteiger charge is 2.41. The Morgan fingerprint density at radius 2 is 1.79 bits per heavy atom. The van der Waals surface area contributed by atoms with Gasteiger partial charge in [-0.15, -0.1) is 0 Å². The molecule has 4 nitrogen and oxygen atoms in total. The average Bonchev–Trinajstić information content (AvgIpc) is 3.08. The summed E-state index contributed by atoms with van der Waals surface area (Å²) in [6, 6.07) is 8.47. The topological polar surface area (TPSA) is 30.4 Å². The molecule has 0 bridgehead atoms. The molecule has 5 rings (SSSR count). The van der Waals surface area contributed by atoms with E-state index in [0.29, 0.717) is 0 Å². The number of fused-ring (bicyclic) bond motifs is 3. The molecule has 0 atom stereocenters. The molecule has 0 unspecified atom stereocenters. The second kappa shape index (κ2) is 5.52. The van der Waals surface area contributed by atoms with Crippen molar-refractivity contribution in [2.75, 3.05) is 0 Å². The van der Waals surface area contributed by atoms with Gasteiger partial charge in [0.25, 0.3) is 11.9 Å². The van der Waals surface area contributed by atoms with Crippen LogP contribution < -0.4 is 9.30 Å². The second-order valence-corrected chi connectivity index (χ2v) is 8.92. The summed E-state index contributed by atoms with van der Waals surface area (Å²) in [5.41, 5.74) is 3.93. The first-order valence-corrected chi connectivity index (χ1v) is 10.1. The van der Waals surface area contributed by atoms with Gasteiger partial charge in [-0.2, -0.15) is 0 Å². The van der Waals surface area contributed by atoms with Crippen LogP contribution in [0.15, 0.2) is 30.6 Å². The molecule has 1 aliphatic heterocycles. The molecule has 0 saturated heterocycles. The van der Waals surface area contributed by atoms with E-state index in [4.69, 9.17) is 11.3 Å². The largest absolute Gasteiger partial charge is 0.454 e. The van der Waals surface area contributed by atoms with Gasteiger partial charge in [-0.1, -0.05) is 35.6 Å². The lowest BCUT2D eigenvalue weighted by molar-refractivity contribution is -0.662. The summed E-state index contributed by atoms with van der Waals surface area (Å²) in [4.78, 5) is 10.4. The highest BCUT2D eigenvalue weighted by atomic mass is 32.1. The van der Waals surface area contributed by atoms with Gasteiger partial charge in [0, 0.05) is 19.4 Å². The number of ether oxygens (including phenoxy) is 1. The summed E-state index contributed by atoms with van der Waals surface area (Å²) in [5, 5.41) is 3.47. The lowest BCUT2D eigenvalue weighted by atomic mass is 9.90. The van der Waals surface area contributed by atoms with Crippen molar-refractivity contribution in [3.8, 4) is 22.8 Å². The number of benzene rings is 2. The third kappa shape index (κ3) is 2.04. The van der Waals surface area contributed by atoms with Gasteiger partial charge in [-0.3, -0.25) is 0 Å². The number of aromatic nitrogens is 2. The zero-order valence-electron chi connectivity index (χ0n) is 16.5. The van der Waals surface area contributed by atoms with E-state index in [9.17, 15) is 0 Å². The summed E-state index contributed by atoms with van der Waals surface area (Å²) < 4.78 is 8.68. The fraction of sp³-hybridized carbons (Fsp3) is 0.261. The highest BCUT2D eigenvalue weighted by Crippen LogP contribution is 2.55. The van der Waals surface area contributed by atoms with Crippen LogP contribution in [-0.2, 0) is 12.6 Å². The molecule has 0 fully saturated rings. The maximum Gasteiger partial charge on any atom is 0.288 e. The number of thiophene rings is 1. The Balaban J connectivity index is 2.00. The van der Waals surface area contributed by atoms with E-state index in [2.05, 4.69) is 52.5 Å². The van der Waals surface area contributed by atoms with E-state index in [1.54, 1.807) is 11.3 Å². The molecule has 3 heterocycles. The van der Waals surface area contributed by atoms with E-state index in [1.165, 1.54) is 16.3 Å². The third-order valence-electron chi connectivity index (χ3n) is 5.74. The Morgan fingerprint density at radius 1 is 1.11 bits per heavy atom. The van der Waals surface area contributed by atoms with Crippen LogP contribution in [0.2, 0.25) is 0 Å². The molecule has 0 radical (unpaired) electrons. The Bertz CT molecular complexity index is 1360. The molecule has 0 N–H and O–H groups in total. The molecule has 0 amide bonds. The molecule has 2 aromatic carbocycles. The molecule has 28 heavy (non-hydrogen) atoms. The first-order valence-electron chi connectivity index (χ1n) is 9.25. The van der Waals surface area contributed by atoms with Gasteiger partial charge in [-0.05, 0) is 35.2 Å². The van der Waals surface area contributed by atoms with Gasteiger partial charge in [0.2, 0.25) is 4.83 Å². The van der Waals surface area contributed by atoms with Crippen molar-refractivity contribution in [3.63, 3.8) is 0 Å². The first-order chi connectivity index (χ1) is 13.3. The Kier molecular flexibility index (Phi) is 3.38. The lowest BCUT2D eigenvalue weighted by Gasteiger charge is -2.24. The minimum atomic E-state index is -0.659. The van der Waals surface area contributed by atoms with Crippen molar-refractivity contribution >= 4 is 32.3 Å². The van der Waals surface area contributed by atoms with Crippen LogP contribution in [-0.4, -0.2) is 4.98 Å². The molecular formula is C23H20N3OS+. The van der Waals surface area contributed by atoms with Crippen molar-refractivity contribution in [2.45, 2.75) is 33.2 Å². The summed E-state index contributed by atoms with van der Waals surface area (Å²) in [5.74, 6) is 1.69. The van der Waals surface area contributed by atoms with Crippen LogP contribution in [0, 0.1) is 20.4 Å². The molecule has 0 saturated carbocycles. The fourth-order valence-electron chi connectivity index (χ4n) is 4.20. The minimum Gasteiger partial charge on any atom is -0.454 e. The van der Waals surface area contributed by atoms with Crippen molar-refractivity contribution in [2.24, 2.45) is 7.05 Å². The van der Waals surface area contributed by atoms with Gasteiger partial charge < -0.3 is 9.58 Å². The Morgan fingerprint density at radius 3 is 2.46 bits per heavy atom. The van der Waals surface area contributed by atoms with Crippen LogP contribution >= 0.6 is 11.3 Å². The molecule has 138 valence electrons. The number of rotatable bonds is 1. The number of nitrogens with zero attached hydrogens (tertiary/aromatic N) is 3. The molecule has 1 aliphatic rings. The summed E-state index contributed by atoms with van der Waals surface area (Å²) in [7, 11) is 2.03. The average molecular weight is 387 g/mol. The third-order valence-corrected chi connectivity index (χ3v) is 7.13. The predicted octanol–water partition coefficient (Wildman–Crippen LogP) is 5.82. The van der Waals surface area contributed by atoms with Gasteiger partial charge in [0.15, 0.2) is 11.4 Å². The standard InChI is InChI=1S/C23H20N3OS/c1-12-14-9-7-8-10-15(14)13(2)19-16(12)18-17-20(27-19)21(23(3,4)24-5)28-22(17)25-11-26(18)6/h7-11H,1-4,6H3/q+1. The van der Waals surface area contributed by atoms with Crippen LogP contribution in [0.5, 0.6) is 11.5 Å². The highest BCUT2D eigenvalue weighted by molar-refractivity contribution is 7.19. The minimum absolute atomic E-state index is 0.659. The zero-order valence-corrected chi connectivity index (χ0v) is 17.4. The first kappa shape index (κ1) is 17.2. The summed E-state index contributed by atoms with van der Waals surface area (Å²) >= 11 is 1.57. The maximum atomic E-state index is 7.68. The smallest absolute Gasteiger partial charge is 0.288 e. The van der Waals surface area contributed by atoms with Crippen LogP contribution in [0.25, 0.3) is 37.1 Å². The monoisotopic (exact) mass is 386 g/mol. The van der Waals surface area contributed by atoms with Crippen LogP contribution in [0.4, 0.5) is 0 Å². The van der Waals surface area contributed by atoms with Crippen molar-refractivity contribution in [3.05, 3.63) is 58.0 Å². The number of aryl methyl sites for hydroxylation is 3. The van der Waals surface area contributed by atoms with Crippen molar-refractivity contribution in [1.82, 2.24) is 4.98 Å². The number of hydrogen-bond donors (Lipinski definition) is 0. The Hall–Kier alpha value is -2.97. The maximum absolute atomic E-state index is 7.68. The van der Waals surface area contributed by atoms with Crippen LogP contribution in [0.3, 0.4) is 0 Å². The zero-order chi connectivity index (χ0) is 19.8. The summed E-state index contributed by atoms with van der Waals surface area (Å²) in [6.45, 7) is 15.9. The quantitative estimate of drug-likeness (QED) is 0.268. The molecule has 0 aliphatic carbocycles. The molecule has 5 heteroatoms. The molecule has 2 aromatic heterocycles. The van der Waals surface area contributed by atoms with Crippen molar-refractivity contribution in [1.29, 1.82) is 0 Å². The van der Waals surface area contributed by atoms with Crippen molar-refractivity contribution < 1.29 is 9.30 Å². The van der Waals surface area contributed by atoms with E-state index in [-0.39, 0.29) is 0 Å². The van der Waals surface area contributed by atoms with Gasteiger partial charge in [0.1, 0.15) is 16.0 Å². The SMILES string of the molecule is [C-]#[N+]C(C)(C)c1sc2nc[n+](C)c3c2c1Oc1c-3c(C)c2ccccc2c1C. The predicted molar refractivity (Wildman–Crippen MR) is 113 cm³/mol. The number of hydrogen-bond acceptors (Lipinski definition) is 3. The molecular weight excluding hydrogens is 366 g/mol. The van der Waals surface area contributed by atoms with E-state index in [0.717, 1.165) is 43.4 Å². The molecule has 4 aromatic rings. The van der Waals surface area contributed by atoms with Crippen LogP contribution in [0.1, 0.15) is 29.9 Å². The van der Waals surface area contributed by atoms with Gasteiger partial charge >= 0.3 is 0 Å². The van der Waals surface area contributed by atoms with E-state index < -0.39 is 5.54 Å². The Labute approximate surface area is 167 Å². The lowest BCUT2D eigenvalue weighted by Crippen LogP contribution is -2.32. The summed E-state index contributed by atoms with van der Waals surface area (Å²) in [6.07, 6.45) is 1.87. The fourth-order valence-corrected chi connectivity index (χ4v) is 5.31. The van der Waals surface area contributed by atoms with Gasteiger partial charge in [-0.25, -0.2) is 11.1 Å². The van der Waals surface area contributed by atoms with E-state index in [1.807, 2.05) is 27.2 Å². The normalized spacial score (nSPS) is 12.7.